The van der Waals surface area contributed by atoms with E-state index in [2.05, 4.69) is 10.6 Å². The van der Waals surface area contributed by atoms with E-state index in [1.54, 1.807) is 0 Å². The molecule has 19 heavy (non-hydrogen) atoms. The molecule has 1 unspecified atom stereocenters. The third-order valence-electron chi connectivity index (χ3n) is 3.65. The van der Waals surface area contributed by atoms with Crippen LogP contribution in [0.25, 0.3) is 0 Å². The maximum Gasteiger partial charge on any atom is 0.224 e. The van der Waals surface area contributed by atoms with Gasteiger partial charge in [-0.1, -0.05) is 38.1 Å². The molecule has 4 heteroatoms. The Balaban J connectivity index is 2.01. The monoisotopic (exact) mass is 262 g/mol. The fourth-order valence-corrected chi connectivity index (χ4v) is 2.50. The minimum Gasteiger partial charge on any atom is -0.390 e. The highest BCUT2D eigenvalue weighted by atomic mass is 16.3. The van der Waals surface area contributed by atoms with Gasteiger partial charge in [0, 0.05) is 18.9 Å². The molecule has 0 radical (unpaired) electrons. The summed E-state index contributed by atoms with van der Waals surface area (Å²) in [4.78, 5) is 12.1. The summed E-state index contributed by atoms with van der Waals surface area (Å²) in [7, 11) is 0. The molecule has 1 amide bonds. The van der Waals surface area contributed by atoms with E-state index in [0.29, 0.717) is 13.0 Å². The number of hydrogen-bond acceptors (Lipinski definition) is 3. The van der Waals surface area contributed by atoms with Crippen LogP contribution in [0.15, 0.2) is 24.3 Å². The highest BCUT2D eigenvalue weighted by Gasteiger charge is 2.32. The van der Waals surface area contributed by atoms with Crippen LogP contribution < -0.4 is 10.6 Å². The molecule has 3 atom stereocenters. The summed E-state index contributed by atoms with van der Waals surface area (Å²) in [5.74, 6) is -0.110. The Labute approximate surface area is 114 Å². The average molecular weight is 262 g/mol. The van der Waals surface area contributed by atoms with Crippen molar-refractivity contribution in [3.63, 3.8) is 0 Å². The highest BCUT2D eigenvalue weighted by Crippen LogP contribution is 2.31. The lowest BCUT2D eigenvalue weighted by molar-refractivity contribution is -0.125. The molecular weight excluding hydrogens is 240 g/mol. The fourth-order valence-electron chi connectivity index (χ4n) is 2.50. The van der Waals surface area contributed by atoms with Gasteiger partial charge >= 0.3 is 0 Å². The molecule has 4 nitrogen and oxygen atoms in total. The lowest BCUT2D eigenvalue weighted by Gasteiger charge is -2.20. The van der Waals surface area contributed by atoms with Crippen LogP contribution in [0.3, 0.4) is 0 Å². The molecule has 1 aromatic rings. The van der Waals surface area contributed by atoms with Gasteiger partial charge in [-0.05, 0) is 17.7 Å². The molecular formula is C15H22N2O2. The Morgan fingerprint density at radius 1 is 1.47 bits per heavy atom. The van der Waals surface area contributed by atoms with Gasteiger partial charge in [0.15, 0.2) is 0 Å². The van der Waals surface area contributed by atoms with Crippen molar-refractivity contribution in [1.82, 2.24) is 10.6 Å². The van der Waals surface area contributed by atoms with E-state index in [0.717, 1.165) is 17.7 Å². The van der Waals surface area contributed by atoms with Crippen LogP contribution in [-0.2, 0) is 11.2 Å². The van der Waals surface area contributed by atoms with Crippen LogP contribution >= 0.6 is 0 Å². The zero-order valence-corrected chi connectivity index (χ0v) is 11.5. The third kappa shape index (κ3) is 3.14. The van der Waals surface area contributed by atoms with E-state index < -0.39 is 6.10 Å². The fraction of sp³-hybridized carbons (Fsp3) is 0.533. The molecule has 1 aliphatic carbocycles. The standard InChI is InChI=1S/C15H22N2O2/c1-3-16-9-10(2)15(19)17-14-12-7-5-4-6-11(12)8-13(14)18/h4-7,10,13-14,16,18H,3,8-9H2,1-2H3,(H,17,19)/t10?,13-,14+/m0/s1. The summed E-state index contributed by atoms with van der Waals surface area (Å²) in [6, 6.07) is 7.62. The van der Waals surface area contributed by atoms with Crippen LogP contribution in [0.2, 0.25) is 0 Å². The molecule has 2 rings (SSSR count). The maximum atomic E-state index is 12.1. The smallest absolute Gasteiger partial charge is 0.224 e. The lowest BCUT2D eigenvalue weighted by Crippen LogP contribution is -2.40. The minimum atomic E-state index is -0.521. The molecule has 1 aromatic carbocycles. The zero-order valence-electron chi connectivity index (χ0n) is 11.5. The number of aliphatic hydroxyl groups excluding tert-OH is 1. The number of carbonyl (C=O) groups is 1. The van der Waals surface area contributed by atoms with Crippen molar-refractivity contribution < 1.29 is 9.90 Å². The molecule has 0 aliphatic heterocycles. The Morgan fingerprint density at radius 2 is 2.21 bits per heavy atom. The number of rotatable bonds is 5. The van der Waals surface area contributed by atoms with Crippen LogP contribution in [0.5, 0.6) is 0 Å². The molecule has 104 valence electrons. The number of hydrogen-bond donors (Lipinski definition) is 3. The Hall–Kier alpha value is -1.39. The largest absolute Gasteiger partial charge is 0.390 e. The SMILES string of the molecule is CCNCC(C)C(=O)N[C@@H]1c2ccccc2C[C@@H]1O. The second-order valence-corrected chi connectivity index (χ2v) is 5.17. The van der Waals surface area contributed by atoms with Crippen molar-refractivity contribution in [2.24, 2.45) is 5.92 Å². The number of nitrogens with one attached hydrogen (secondary N) is 2. The normalized spacial score (nSPS) is 22.9. The van der Waals surface area contributed by atoms with Gasteiger partial charge in [0.1, 0.15) is 0 Å². The number of benzene rings is 1. The Morgan fingerprint density at radius 3 is 2.95 bits per heavy atom. The van der Waals surface area contributed by atoms with Crippen LogP contribution in [0.4, 0.5) is 0 Å². The van der Waals surface area contributed by atoms with Gasteiger partial charge in [-0.15, -0.1) is 0 Å². The zero-order chi connectivity index (χ0) is 13.8. The Bertz CT molecular complexity index is 448. The number of amides is 1. The van der Waals surface area contributed by atoms with Gasteiger partial charge < -0.3 is 15.7 Å². The molecule has 3 N–H and O–H groups in total. The molecule has 0 aromatic heterocycles. The molecule has 0 saturated carbocycles. The summed E-state index contributed by atoms with van der Waals surface area (Å²) in [5.41, 5.74) is 2.17. The molecule has 0 bridgehead atoms. The maximum absolute atomic E-state index is 12.1. The first-order valence-electron chi connectivity index (χ1n) is 6.90. The van der Waals surface area contributed by atoms with Gasteiger partial charge in [0.05, 0.1) is 12.1 Å². The van der Waals surface area contributed by atoms with E-state index in [1.165, 1.54) is 0 Å². The van der Waals surface area contributed by atoms with E-state index in [-0.39, 0.29) is 17.9 Å². The van der Waals surface area contributed by atoms with Crippen molar-refractivity contribution in [3.05, 3.63) is 35.4 Å². The first-order chi connectivity index (χ1) is 9.13. The molecule has 0 spiro atoms. The van der Waals surface area contributed by atoms with E-state index in [1.807, 2.05) is 38.1 Å². The van der Waals surface area contributed by atoms with E-state index in [4.69, 9.17) is 0 Å². The number of fused-ring (bicyclic) bond motifs is 1. The average Bonchev–Trinajstić information content (AvgIpc) is 2.72. The van der Waals surface area contributed by atoms with Gasteiger partial charge in [-0.2, -0.15) is 0 Å². The third-order valence-corrected chi connectivity index (χ3v) is 3.65. The van der Waals surface area contributed by atoms with Gasteiger partial charge in [0.2, 0.25) is 5.91 Å². The summed E-state index contributed by atoms with van der Waals surface area (Å²) >= 11 is 0. The summed E-state index contributed by atoms with van der Waals surface area (Å²) in [5, 5.41) is 16.2. The van der Waals surface area contributed by atoms with Crippen molar-refractivity contribution in [3.8, 4) is 0 Å². The van der Waals surface area contributed by atoms with Crippen LogP contribution in [0, 0.1) is 5.92 Å². The van der Waals surface area contributed by atoms with Gasteiger partial charge in [-0.25, -0.2) is 0 Å². The second-order valence-electron chi connectivity index (χ2n) is 5.17. The van der Waals surface area contributed by atoms with Crippen molar-refractivity contribution in [1.29, 1.82) is 0 Å². The van der Waals surface area contributed by atoms with Gasteiger partial charge in [-0.3, -0.25) is 4.79 Å². The second kappa shape index (κ2) is 6.17. The first-order valence-corrected chi connectivity index (χ1v) is 6.90. The predicted octanol–water partition coefficient (Wildman–Crippen LogP) is 1.01. The van der Waals surface area contributed by atoms with E-state index >= 15 is 0 Å². The Kier molecular flexibility index (Phi) is 4.56. The summed E-state index contributed by atoms with van der Waals surface area (Å²) in [6.07, 6.45) is 0.0931. The van der Waals surface area contributed by atoms with Gasteiger partial charge in [0.25, 0.3) is 0 Å². The number of carbonyl (C=O) groups excluding carboxylic acids is 1. The minimum absolute atomic E-state index is 0.0123. The van der Waals surface area contributed by atoms with Crippen LogP contribution in [0.1, 0.15) is 31.0 Å². The summed E-state index contributed by atoms with van der Waals surface area (Å²) < 4.78 is 0. The number of aliphatic hydroxyl groups is 1. The topological polar surface area (TPSA) is 61.4 Å². The predicted molar refractivity (Wildman–Crippen MR) is 74.7 cm³/mol. The van der Waals surface area contributed by atoms with Crippen molar-refractivity contribution in [2.45, 2.75) is 32.4 Å². The van der Waals surface area contributed by atoms with Crippen LogP contribution in [-0.4, -0.2) is 30.2 Å². The molecule has 0 fully saturated rings. The molecule has 0 saturated heterocycles. The summed E-state index contributed by atoms with van der Waals surface area (Å²) in [6.45, 7) is 5.42. The van der Waals surface area contributed by atoms with E-state index in [9.17, 15) is 9.90 Å². The van der Waals surface area contributed by atoms with Crippen molar-refractivity contribution in [2.75, 3.05) is 13.1 Å². The highest BCUT2D eigenvalue weighted by molar-refractivity contribution is 5.79. The lowest BCUT2D eigenvalue weighted by atomic mass is 10.1. The molecule has 1 aliphatic rings. The van der Waals surface area contributed by atoms with Crippen molar-refractivity contribution >= 4 is 5.91 Å². The molecule has 0 heterocycles. The quantitative estimate of drug-likeness (QED) is 0.742. The first kappa shape index (κ1) is 14.0.